The van der Waals surface area contributed by atoms with Crippen molar-refractivity contribution in [2.24, 2.45) is 0 Å². The van der Waals surface area contributed by atoms with Gasteiger partial charge in [-0.15, -0.1) is 0 Å². The molecule has 0 fully saturated rings. The maximum absolute atomic E-state index is 12.3. The molecule has 20 heavy (non-hydrogen) atoms. The van der Waals surface area contributed by atoms with Crippen molar-refractivity contribution in [3.8, 4) is 0 Å². The first-order valence-electron chi connectivity index (χ1n) is 6.78. The summed E-state index contributed by atoms with van der Waals surface area (Å²) in [6.45, 7) is 0.914. The zero-order chi connectivity index (χ0) is 13.9. The van der Waals surface area contributed by atoms with Gasteiger partial charge in [0.05, 0.1) is 11.8 Å². The number of anilines is 2. The fraction of sp³-hybridized carbons (Fsp3) is 0.357. The molecule has 0 aliphatic carbocycles. The summed E-state index contributed by atoms with van der Waals surface area (Å²) < 4.78 is 2.08. The molecular weight excluding hydrogens is 254 g/mol. The van der Waals surface area contributed by atoms with Gasteiger partial charge in [0, 0.05) is 26.2 Å². The maximum atomic E-state index is 12.3. The minimum Gasteiger partial charge on any atom is -0.372 e. The molecule has 2 aromatic rings. The monoisotopic (exact) mass is 271 g/mol. The number of hydrogen-bond donors (Lipinski definition) is 2. The topological polar surface area (TPSA) is 71.8 Å². The van der Waals surface area contributed by atoms with E-state index in [1.807, 2.05) is 0 Å². The van der Waals surface area contributed by atoms with Crippen molar-refractivity contribution in [3.05, 3.63) is 35.9 Å². The third kappa shape index (κ3) is 2.24. The second-order valence-corrected chi connectivity index (χ2v) is 4.77. The summed E-state index contributed by atoms with van der Waals surface area (Å²) in [5, 5.41) is 5.85. The van der Waals surface area contributed by atoms with Gasteiger partial charge in [-0.2, -0.15) is 0 Å². The SMILES string of the molecule is CNc1ncccc1C(=O)Nc1cnc2n1CCCC2. The third-order valence-electron chi connectivity index (χ3n) is 3.50. The van der Waals surface area contributed by atoms with Gasteiger partial charge in [-0.25, -0.2) is 9.97 Å². The molecule has 1 aliphatic rings. The summed E-state index contributed by atoms with van der Waals surface area (Å²) in [4.78, 5) is 20.8. The fourth-order valence-electron chi connectivity index (χ4n) is 2.49. The standard InChI is InChI=1S/C14H17N5O/c1-15-13-10(5-4-7-16-13)14(20)18-12-9-17-11-6-2-3-8-19(11)12/h4-5,7,9H,2-3,6,8H2,1H3,(H,15,16)(H,18,20). The Morgan fingerprint density at radius 2 is 2.25 bits per heavy atom. The largest absolute Gasteiger partial charge is 0.372 e. The molecule has 0 saturated carbocycles. The van der Waals surface area contributed by atoms with Crippen molar-refractivity contribution >= 4 is 17.5 Å². The first-order valence-corrected chi connectivity index (χ1v) is 6.78. The summed E-state index contributed by atoms with van der Waals surface area (Å²) in [5.41, 5.74) is 0.529. The Labute approximate surface area is 117 Å². The minimum atomic E-state index is -0.171. The van der Waals surface area contributed by atoms with Gasteiger partial charge in [0.25, 0.3) is 5.91 Å². The van der Waals surface area contributed by atoms with E-state index in [0.29, 0.717) is 11.4 Å². The molecule has 1 aliphatic heterocycles. The quantitative estimate of drug-likeness (QED) is 0.894. The zero-order valence-electron chi connectivity index (χ0n) is 11.4. The summed E-state index contributed by atoms with van der Waals surface area (Å²) in [6.07, 6.45) is 6.65. The molecule has 2 aromatic heterocycles. The van der Waals surface area contributed by atoms with E-state index in [2.05, 4.69) is 25.2 Å². The van der Waals surface area contributed by atoms with Gasteiger partial charge in [0.2, 0.25) is 0 Å². The lowest BCUT2D eigenvalue weighted by atomic mass is 10.2. The van der Waals surface area contributed by atoms with Crippen molar-refractivity contribution in [3.63, 3.8) is 0 Å². The second-order valence-electron chi connectivity index (χ2n) is 4.77. The number of carbonyl (C=O) groups is 1. The minimum absolute atomic E-state index is 0.171. The van der Waals surface area contributed by atoms with Gasteiger partial charge in [-0.1, -0.05) is 0 Å². The Kier molecular flexibility index (Phi) is 3.37. The van der Waals surface area contributed by atoms with Crippen LogP contribution in [0.15, 0.2) is 24.5 Å². The first-order chi connectivity index (χ1) is 9.79. The molecule has 0 spiro atoms. The number of aryl methyl sites for hydroxylation is 1. The molecule has 0 unspecified atom stereocenters. The number of rotatable bonds is 3. The van der Waals surface area contributed by atoms with Crippen molar-refractivity contribution in [1.29, 1.82) is 0 Å². The van der Waals surface area contributed by atoms with E-state index in [1.54, 1.807) is 31.6 Å². The van der Waals surface area contributed by atoms with Gasteiger partial charge in [-0.05, 0) is 25.0 Å². The Morgan fingerprint density at radius 3 is 3.10 bits per heavy atom. The summed E-state index contributed by atoms with van der Waals surface area (Å²) in [5.74, 6) is 2.21. The number of aromatic nitrogens is 3. The van der Waals surface area contributed by atoms with Crippen molar-refractivity contribution < 1.29 is 4.79 Å². The van der Waals surface area contributed by atoms with Crippen LogP contribution in [0.25, 0.3) is 0 Å². The van der Waals surface area contributed by atoms with Crippen LogP contribution in [0.2, 0.25) is 0 Å². The van der Waals surface area contributed by atoms with E-state index >= 15 is 0 Å². The Bertz CT molecular complexity index is 634. The zero-order valence-corrected chi connectivity index (χ0v) is 11.4. The van der Waals surface area contributed by atoms with E-state index in [1.165, 1.54) is 0 Å². The smallest absolute Gasteiger partial charge is 0.260 e. The summed E-state index contributed by atoms with van der Waals surface area (Å²) in [7, 11) is 1.75. The van der Waals surface area contributed by atoms with Crippen LogP contribution in [0.4, 0.5) is 11.6 Å². The molecular formula is C14H17N5O. The Hall–Kier alpha value is -2.37. The predicted molar refractivity (Wildman–Crippen MR) is 76.9 cm³/mol. The lowest BCUT2D eigenvalue weighted by Gasteiger charge is -2.16. The van der Waals surface area contributed by atoms with Crippen LogP contribution in [-0.2, 0) is 13.0 Å². The second kappa shape index (κ2) is 5.32. The van der Waals surface area contributed by atoms with Gasteiger partial charge >= 0.3 is 0 Å². The highest BCUT2D eigenvalue weighted by Crippen LogP contribution is 2.21. The van der Waals surface area contributed by atoms with E-state index in [4.69, 9.17) is 0 Å². The fourth-order valence-corrected chi connectivity index (χ4v) is 2.49. The van der Waals surface area contributed by atoms with Gasteiger partial charge in [0.15, 0.2) is 0 Å². The predicted octanol–water partition coefficient (Wildman–Crippen LogP) is 1.91. The van der Waals surface area contributed by atoms with Crippen molar-refractivity contribution in [1.82, 2.24) is 14.5 Å². The molecule has 0 radical (unpaired) electrons. The molecule has 2 N–H and O–H groups in total. The van der Waals surface area contributed by atoms with Gasteiger partial charge < -0.3 is 15.2 Å². The first kappa shape index (κ1) is 12.7. The van der Waals surface area contributed by atoms with E-state index < -0.39 is 0 Å². The van der Waals surface area contributed by atoms with Crippen LogP contribution >= 0.6 is 0 Å². The van der Waals surface area contributed by atoms with E-state index in [0.717, 1.165) is 37.4 Å². The summed E-state index contributed by atoms with van der Waals surface area (Å²) >= 11 is 0. The number of nitrogens with one attached hydrogen (secondary N) is 2. The van der Waals surface area contributed by atoms with Crippen molar-refractivity contribution in [2.75, 3.05) is 17.7 Å². The molecule has 3 rings (SSSR count). The van der Waals surface area contributed by atoms with E-state index in [-0.39, 0.29) is 5.91 Å². The Balaban J connectivity index is 1.84. The van der Waals surface area contributed by atoms with Crippen LogP contribution in [0.3, 0.4) is 0 Å². The Morgan fingerprint density at radius 1 is 1.35 bits per heavy atom. The van der Waals surface area contributed by atoms with E-state index in [9.17, 15) is 4.79 Å². The van der Waals surface area contributed by atoms with Gasteiger partial charge in [-0.3, -0.25) is 4.79 Å². The average molecular weight is 271 g/mol. The molecule has 0 atom stereocenters. The molecule has 3 heterocycles. The molecule has 6 nitrogen and oxygen atoms in total. The summed E-state index contributed by atoms with van der Waals surface area (Å²) in [6, 6.07) is 3.50. The molecule has 104 valence electrons. The number of amides is 1. The van der Waals surface area contributed by atoms with Crippen LogP contribution in [0.1, 0.15) is 29.0 Å². The van der Waals surface area contributed by atoms with Crippen molar-refractivity contribution in [2.45, 2.75) is 25.8 Å². The third-order valence-corrected chi connectivity index (χ3v) is 3.50. The lowest BCUT2D eigenvalue weighted by molar-refractivity contribution is 0.102. The molecule has 6 heteroatoms. The highest BCUT2D eigenvalue weighted by atomic mass is 16.1. The molecule has 0 bridgehead atoms. The highest BCUT2D eigenvalue weighted by molar-refractivity contribution is 6.07. The molecule has 0 saturated heterocycles. The number of carbonyl (C=O) groups excluding carboxylic acids is 1. The number of fused-ring (bicyclic) bond motifs is 1. The highest BCUT2D eigenvalue weighted by Gasteiger charge is 2.17. The number of pyridine rings is 1. The van der Waals surface area contributed by atoms with Crippen LogP contribution in [0, 0.1) is 0 Å². The maximum Gasteiger partial charge on any atom is 0.260 e. The normalized spacial score (nSPS) is 13.7. The lowest BCUT2D eigenvalue weighted by Crippen LogP contribution is -2.19. The molecule has 0 aromatic carbocycles. The number of nitrogens with zero attached hydrogens (tertiary/aromatic N) is 3. The van der Waals surface area contributed by atoms with Gasteiger partial charge in [0.1, 0.15) is 17.5 Å². The van der Waals surface area contributed by atoms with Crippen LogP contribution in [0.5, 0.6) is 0 Å². The van der Waals surface area contributed by atoms with Crippen LogP contribution < -0.4 is 10.6 Å². The number of imidazole rings is 1. The average Bonchev–Trinajstić information content (AvgIpc) is 2.90. The van der Waals surface area contributed by atoms with Crippen LogP contribution in [-0.4, -0.2) is 27.5 Å². The molecule has 1 amide bonds. The number of hydrogen-bond acceptors (Lipinski definition) is 4.